The molecule has 3 heteroatoms. The summed E-state index contributed by atoms with van der Waals surface area (Å²) in [6, 6.07) is 6.99. The Hall–Kier alpha value is -1.56. The average Bonchev–Trinajstić information content (AvgIpc) is 2.18. The first kappa shape index (κ1) is 10.5. The van der Waals surface area contributed by atoms with Gasteiger partial charge in [-0.2, -0.15) is 5.26 Å². The molecule has 1 aromatic rings. The van der Waals surface area contributed by atoms with E-state index in [0.29, 0.717) is 12.0 Å². The Morgan fingerprint density at radius 2 is 2.29 bits per heavy atom. The summed E-state index contributed by atoms with van der Waals surface area (Å²) in [4.78, 5) is 0. The van der Waals surface area contributed by atoms with Crippen LogP contribution in [0.25, 0.3) is 0 Å². The van der Waals surface area contributed by atoms with Crippen molar-refractivity contribution in [2.75, 3.05) is 11.9 Å². The summed E-state index contributed by atoms with van der Waals surface area (Å²) >= 11 is 0. The quantitative estimate of drug-likeness (QED) is 0.744. The van der Waals surface area contributed by atoms with Gasteiger partial charge in [0.15, 0.2) is 0 Å². The van der Waals surface area contributed by atoms with E-state index < -0.39 is 0 Å². The van der Waals surface area contributed by atoms with E-state index in [1.165, 1.54) is 6.07 Å². The zero-order chi connectivity index (χ0) is 10.4. The number of anilines is 1. The third-order valence-electron chi connectivity index (χ3n) is 1.95. The van der Waals surface area contributed by atoms with Gasteiger partial charge >= 0.3 is 0 Å². The van der Waals surface area contributed by atoms with Gasteiger partial charge in [-0.15, -0.1) is 0 Å². The van der Waals surface area contributed by atoms with E-state index in [9.17, 15) is 4.39 Å². The Kier molecular flexibility index (Phi) is 3.93. The third kappa shape index (κ3) is 3.06. The van der Waals surface area contributed by atoms with E-state index >= 15 is 0 Å². The Balaban J connectivity index is 2.44. The topological polar surface area (TPSA) is 35.8 Å². The van der Waals surface area contributed by atoms with E-state index in [1.807, 2.05) is 0 Å². The lowest BCUT2D eigenvalue weighted by atomic mass is 10.2. The first-order chi connectivity index (χ1) is 6.74. The second-order valence-electron chi connectivity index (χ2n) is 3.15. The predicted molar refractivity (Wildman–Crippen MR) is 54.5 cm³/mol. The highest BCUT2D eigenvalue weighted by molar-refractivity contribution is 5.45. The van der Waals surface area contributed by atoms with E-state index in [1.54, 1.807) is 19.1 Å². The van der Waals surface area contributed by atoms with Gasteiger partial charge < -0.3 is 5.32 Å². The molecule has 0 bridgehead atoms. The first-order valence-corrected chi connectivity index (χ1v) is 4.61. The van der Waals surface area contributed by atoms with Crippen LogP contribution in [-0.4, -0.2) is 6.54 Å². The number of unbranched alkanes of at least 4 members (excludes halogenated alkanes) is 1. The number of nitrogens with one attached hydrogen (secondary N) is 1. The maximum Gasteiger partial charge on any atom is 0.126 e. The van der Waals surface area contributed by atoms with Crippen LogP contribution >= 0.6 is 0 Å². The first-order valence-electron chi connectivity index (χ1n) is 4.61. The summed E-state index contributed by atoms with van der Waals surface area (Å²) in [5.41, 5.74) is 1.54. The second kappa shape index (κ2) is 5.23. The van der Waals surface area contributed by atoms with Gasteiger partial charge in [0, 0.05) is 18.7 Å². The molecule has 0 fully saturated rings. The molecule has 0 aliphatic heterocycles. The number of hydrogen-bond donors (Lipinski definition) is 1. The summed E-state index contributed by atoms with van der Waals surface area (Å²) in [6.45, 7) is 2.48. The Morgan fingerprint density at radius 1 is 1.50 bits per heavy atom. The minimum absolute atomic E-state index is 0.187. The van der Waals surface area contributed by atoms with Crippen LogP contribution in [0, 0.1) is 24.1 Å². The van der Waals surface area contributed by atoms with Crippen LogP contribution in [0.1, 0.15) is 18.4 Å². The Bertz CT molecular complexity index is 342. The van der Waals surface area contributed by atoms with E-state index in [2.05, 4.69) is 11.4 Å². The number of halogens is 1. The molecule has 2 nitrogen and oxygen atoms in total. The van der Waals surface area contributed by atoms with Crippen LogP contribution in [0.5, 0.6) is 0 Å². The lowest BCUT2D eigenvalue weighted by Gasteiger charge is -2.05. The number of nitrogens with zero attached hydrogens (tertiary/aromatic N) is 1. The van der Waals surface area contributed by atoms with Gasteiger partial charge in [0.2, 0.25) is 0 Å². The number of rotatable bonds is 4. The van der Waals surface area contributed by atoms with Crippen LogP contribution in [0.15, 0.2) is 18.2 Å². The Morgan fingerprint density at radius 3 is 2.93 bits per heavy atom. The standard InChI is InChI=1S/C11H13FN2/c1-9-8-10(4-5-11(9)12)14-7-3-2-6-13/h4-5,8,14H,2-3,7H2,1H3. The molecule has 0 aliphatic carbocycles. The van der Waals surface area contributed by atoms with Crippen molar-refractivity contribution < 1.29 is 4.39 Å². The minimum atomic E-state index is -0.187. The fourth-order valence-corrected chi connectivity index (χ4v) is 1.15. The lowest BCUT2D eigenvalue weighted by Crippen LogP contribution is -2.01. The van der Waals surface area contributed by atoms with Crippen molar-refractivity contribution >= 4 is 5.69 Å². The van der Waals surface area contributed by atoms with Gasteiger partial charge in [0.25, 0.3) is 0 Å². The predicted octanol–water partition coefficient (Wildman–Crippen LogP) is 2.85. The monoisotopic (exact) mass is 192 g/mol. The molecule has 0 spiro atoms. The molecule has 0 aliphatic rings. The lowest BCUT2D eigenvalue weighted by molar-refractivity contribution is 0.618. The smallest absolute Gasteiger partial charge is 0.126 e. The molecule has 1 rings (SSSR count). The van der Waals surface area contributed by atoms with E-state index in [4.69, 9.17) is 5.26 Å². The van der Waals surface area contributed by atoms with Crippen molar-refractivity contribution in [1.29, 1.82) is 5.26 Å². The summed E-state index contributed by atoms with van der Waals surface area (Å²) in [7, 11) is 0. The van der Waals surface area contributed by atoms with E-state index in [0.717, 1.165) is 18.7 Å². The van der Waals surface area contributed by atoms with Gasteiger partial charge in [-0.25, -0.2) is 4.39 Å². The Labute approximate surface area is 83.4 Å². The molecule has 0 radical (unpaired) electrons. The SMILES string of the molecule is Cc1cc(NCCCC#N)ccc1F. The molecule has 0 aromatic heterocycles. The van der Waals surface area contributed by atoms with Gasteiger partial charge in [-0.3, -0.25) is 0 Å². The van der Waals surface area contributed by atoms with Crippen LogP contribution in [0.2, 0.25) is 0 Å². The third-order valence-corrected chi connectivity index (χ3v) is 1.95. The van der Waals surface area contributed by atoms with Crippen LogP contribution in [0.4, 0.5) is 10.1 Å². The molecule has 1 N–H and O–H groups in total. The van der Waals surface area contributed by atoms with Gasteiger partial charge in [-0.1, -0.05) is 0 Å². The fourth-order valence-electron chi connectivity index (χ4n) is 1.15. The number of aryl methyl sites for hydroxylation is 1. The molecule has 0 saturated heterocycles. The molecule has 0 saturated carbocycles. The molecular formula is C11H13FN2. The fraction of sp³-hybridized carbons (Fsp3) is 0.364. The highest BCUT2D eigenvalue weighted by Crippen LogP contribution is 2.13. The molecule has 74 valence electrons. The zero-order valence-electron chi connectivity index (χ0n) is 8.18. The normalized spacial score (nSPS) is 9.50. The van der Waals surface area contributed by atoms with Gasteiger partial charge in [0.05, 0.1) is 6.07 Å². The minimum Gasteiger partial charge on any atom is -0.385 e. The molecule has 0 atom stereocenters. The second-order valence-corrected chi connectivity index (χ2v) is 3.15. The van der Waals surface area contributed by atoms with Crippen molar-refractivity contribution in [2.24, 2.45) is 0 Å². The maximum atomic E-state index is 12.9. The molecule has 0 unspecified atom stereocenters. The number of benzene rings is 1. The van der Waals surface area contributed by atoms with Crippen molar-refractivity contribution in [2.45, 2.75) is 19.8 Å². The van der Waals surface area contributed by atoms with Gasteiger partial charge in [0.1, 0.15) is 5.82 Å². The van der Waals surface area contributed by atoms with Crippen molar-refractivity contribution in [3.05, 3.63) is 29.6 Å². The summed E-state index contributed by atoms with van der Waals surface area (Å²) in [5, 5.41) is 11.4. The summed E-state index contributed by atoms with van der Waals surface area (Å²) < 4.78 is 12.9. The zero-order valence-corrected chi connectivity index (χ0v) is 8.18. The van der Waals surface area contributed by atoms with E-state index in [-0.39, 0.29) is 5.82 Å². The summed E-state index contributed by atoms with van der Waals surface area (Å²) in [6.07, 6.45) is 1.36. The number of nitriles is 1. The molecule has 0 amide bonds. The van der Waals surface area contributed by atoms with Crippen molar-refractivity contribution in [3.63, 3.8) is 0 Å². The summed E-state index contributed by atoms with van der Waals surface area (Å²) in [5.74, 6) is -0.187. The number of hydrogen-bond acceptors (Lipinski definition) is 2. The van der Waals surface area contributed by atoms with Crippen molar-refractivity contribution in [1.82, 2.24) is 0 Å². The maximum absolute atomic E-state index is 12.9. The molecule has 0 heterocycles. The van der Waals surface area contributed by atoms with Crippen molar-refractivity contribution in [3.8, 4) is 6.07 Å². The molecule has 14 heavy (non-hydrogen) atoms. The van der Waals surface area contributed by atoms with Crippen LogP contribution in [-0.2, 0) is 0 Å². The average molecular weight is 192 g/mol. The van der Waals surface area contributed by atoms with Gasteiger partial charge in [-0.05, 0) is 37.1 Å². The highest BCUT2D eigenvalue weighted by atomic mass is 19.1. The van der Waals surface area contributed by atoms with Crippen LogP contribution in [0.3, 0.4) is 0 Å². The largest absolute Gasteiger partial charge is 0.385 e. The molecule has 1 aromatic carbocycles. The van der Waals surface area contributed by atoms with Crippen LogP contribution < -0.4 is 5.32 Å². The highest BCUT2D eigenvalue weighted by Gasteiger charge is 1.97. The molecular weight excluding hydrogens is 179 g/mol.